The zero-order valence-corrected chi connectivity index (χ0v) is 14.7. The normalized spacial score (nSPS) is 11.9. The number of hydrogen-bond acceptors (Lipinski definition) is 4. The zero-order valence-electron chi connectivity index (χ0n) is 13.1. The fraction of sp³-hybridized carbons (Fsp3) is 0.200. The predicted molar refractivity (Wildman–Crippen MR) is 89.7 cm³/mol. The Kier molecular flexibility index (Phi) is 5.38. The molecule has 2 rings (SSSR count). The van der Waals surface area contributed by atoms with Crippen molar-refractivity contribution in [1.82, 2.24) is 0 Å². The first-order valence-electron chi connectivity index (χ1n) is 6.84. The van der Waals surface area contributed by atoms with Gasteiger partial charge in [0.2, 0.25) is 0 Å². The van der Waals surface area contributed by atoms with Crippen LogP contribution in [0.5, 0.6) is 5.75 Å². The number of ether oxygens (including phenoxy) is 1. The predicted octanol–water partition coefficient (Wildman–Crippen LogP) is 4.11. The summed E-state index contributed by atoms with van der Waals surface area (Å²) in [4.78, 5) is 1.42. The molecule has 0 unspecified atom stereocenters. The summed E-state index contributed by atoms with van der Waals surface area (Å²) in [7, 11) is -0.625. The van der Waals surface area contributed by atoms with Crippen molar-refractivity contribution in [2.75, 3.05) is 23.7 Å². The van der Waals surface area contributed by atoms with Gasteiger partial charge in [0.25, 0.3) is 10.0 Å². The summed E-state index contributed by atoms with van der Waals surface area (Å²) in [5.74, 6) is -0.511. The average Bonchev–Trinajstić information content (AvgIpc) is 2.45. The molecule has 0 saturated heterocycles. The van der Waals surface area contributed by atoms with Gasteiger partial charge in [-0.3, -0.25) is 4.72 Å². The molecule has 0 spiro atoms. The van der Waals surface area contributed by atoms with Crippen molar-refractivity contribution in [3.8, 4) is 5.75 Å². The number of benzene rings is 2. The van der Waals surface area contributed by atoms with Crippen LogP contribution in [0.4, 0.5) is 24.5 Å². The lowest BCUT2D eigenvalue weighted by atomic mass is 10.2. The van der Waals surface area contributed by atoms with Crippen LogP contribution in [0.1, 0.15) is 0 Å². The largest absolute Gasteiger partial charge is 0.573 e. The van der Waals surface area contributed by atoms with Crippen LogP contribution >= 0.6 is 11.6 Å². The van der Waals surface area contributed by atoms with Crippen LogP contribution in [0, 0.1) is 0 Å². The van der Waals surface area contributed by atoms with E-state index in [0.29, 0.717) is 10.7 Å². The van der Waals surface area contributed by atoms with Crippen LogP contribution < -0.4 is 14.4 Å². The van der Waals surface area contributed by atoms with Gasteiger partial charge in [0, 0.05) is 14.1 Å². The van der Waals surface area contributed by atoms with E-state index in [2.05, 4.69) is 9.46 Å². The van der Waals surface area contributed by atoms with Gasteiger partial charge in [0.15, 0.2) is 0 Å². The number of anilines is 2. The topological polar surface area (TPSA) is 58.6 Å². The van der Waals surface area contributed by atoms with Crippen molar-refractivity contribution in [3.05, 3.63) is 47.5 Å². The first-order valence-corrected chi connectivity index (χ1v) is 8.70. The number of halogens is 4. The van der Waals surface area contributed by atoms with Crippen molar-refractivity contribution >= 4 is 33.0 Å². The molecule has 0 aliphatic heterocycles. The van der Waals surface area contributed by atoms with Gasteiger partial charge in [-0.1, -0.05) is 17.7 Å². The molecule has 0 heterocycles. The van der Waals surface area contributed by atoms with Crippen molar-refractivity contribution in [1.29, 1.82) is 0 Å². The van der Waals surface area contributed by atoms with E-state index in [1.807, 2.05) is 0 Å². The highest BCUT2D eigenvalue weighted by Gasteiger charge is 2.31. The second kappa shape index (κ2) is 7.01. The van der Waals surface area contributed by atoms with E-state index < -0.39 is 22.1 Å². The quantitative estimate of drug-likeness (QED) is 0.829. The van der Waals surface area contributed by atoms with Gasteiger partial charge in [-0.2, -0.15) is 0 Å². The second-order valence-electron chi connectivity index (χ2n) is 5.16. The number of hydrogen-bond donors (Lipinski definition) is 1. The molecule has 5 nitrogen and oxygen atoms in total. The molecule has 2 aromatic carbocycles. The molecule has 10 heteroatoms. The average molecular weight is 395 g/mol. The fourth-order valence-electron chi connectivity index (χ4n) is 2.08. The van der Waals surface area contributed by atoms with Gasteiger partial charge in [-0.05, 0) is 36.4 Å². The first-order chi connectivity index (χ1) is 11.5. The molecule has 0 saturated carbocycles. The van der Waals surface area contributed by atoms with E-state index in [9.17, 15) is 21.6 Å². The van der Waals surface area contributed by atoms with Crippen LogP contribution in [0.2, 0.25) is 5.02 Å². The lowest BCUT2D eigenvalue weighted by Gasteiger charge is -2.20. The molecule has 2 aromatic rings. The summed E-state index contributed by atoms with van der Waals surface area (Å²) in [6, 6.07) is 8.59. The Balaban J connectivity index is 2.30. The molecule has 0 atom stereocenters. The third-order valence-corrected chi connectivity index (χ3v) is 4.73. The van der Waals surface area contributed by atoms with Crippen molar-refractivity contribution < 1.29 is 26.3 Å². The third-order valence-electron chi connectivity index (χ3n) is 3.05. The standard InChI is InChI=1S/C15H14ClF3N2O3S/c1-21(2)14-12(16)4-3-5-13(14)20-25(22,23)11-8-6-10(7-9-11)24-15(17,18)19/h3-9,20H,1-2H3. The van der Waals surface area contributed by atoms with E-state index in [1.165, 1.54) is 6.07 Å². The summed E-state index contributed by atoms with van der Waals surface area (Å²) >= 11 is 6.08. The zero-order chi connectivity index (χ0) is 18.8. The van der Waals surface area contributed by atoms with Gasteiger partial charge in [-0.25, -0.2) is 8.42 Å². The van der Waals surface area contributed by atoms with Crippen LogP contribution in [-0.2, 0) is 10.0 Å². The monoisotopic (exact) mass is 394 g/mol. The first kappa shape index (κ1) is 19.2. The molecule has 0 bridgehead atoms. The van der Waals surface area contributed by atoms with E-state index in [-0.39, 0.29) is 10.6 Å². The van der Waals surface area contributed by atoms with Crippen LogP contribution in [0.3, 0.4) is 0 Å². The lowest BCUT2D eigenvalue weighted by Crippen LogP contribution is -2.18. The van der Waals surface area contributed by atoms with Crippen LogP contribution in [0.15, 0.2) is 47.4 Å². The van der Waals surface area contributed by atoms with Crippen molar-refractivity contribution in [2.45, 2.75) is 11.3 Å². The summed E-state index contributed by atoms with van der Waals surface area (Å²) < 4.78 is 67.4. The van der Waals surface area contributed by atoms with Crippen LogP contribution in [0.25, 0.3) is 0 Å². The van der Waals surface area contributed by atoms with Gasteiger partial charge in [0.05, 0.1) is 21.3 Å². The Hall–Kier alpha value is -2.13. The van der Waals surface area contributed by atoms with E-state index >= 15 is 0 Å². The molecule has 1 N–H and O–H groups in total. The Labute approximate surface area is 148 Å². The molecule has 0 aliphatic carbocycles. The Bertz CT molecular complexity index is 853. The number of sulfonamides is 1. The third kappa shape index (κ3) is 4.93. The van der Waals surface area contributed by atoms with E-state index in [0.717, 1.165) is 24.3 Å². The van der Waals surface area contributed by atoms with Crippen molar-refractivity contribution in [3.63, 3.8) is 0 Å². The summed E-state index contributed by atoms with van der Waals surface area (Å²) in [5.41, 5.74) is 0.706. The van der Waals surface area contributed by atoms with Gasteiger partial charge in [0.1, 0.15) is 5.75 Å². The number of nitrogens with one attached hydrogen (secondary N) is 1. The number of alkyl halides is 3. The highest BCUT2D eigenvalue weighted by atomic mass is 35.5. The number of rotatable bonds is 5. The summed E-state index contributed by atoms with van der Waals surface area (Å²) in [6.45, 7) is 0. The highest BCUT2D eigenvalue weighted by Crippen LogP contribution is 2.34. The minimum absolute atomic E-state index is 0.216. The summed E-state index contributed by atoms with van der Waals surface area (Å²) in [5, 5.41) is 0.346. The maximum Gasteiger partial charge on any atom is 0.573 e. The Morgan fingerprint density at radius 2 is 1.68 bits per heavy atom. The van der Waals surface area contributed by atoms with Gasteiger partial charge >= 0.3 is 6.36 Å². The Morgan fingerprint density at radius 1 is 1.08 bits per heavy atom. The van der Waals surface area contributed by atoms with Gasteiger partial charge < -0.3 is 9.64 Å². The molecular formula is C15H14ClF3N2O3S. The molecular weight excluding hydrogens is 381 g/mol. The Morgan fingerprint density at radius 3 is 2.20 bits per heavy atom. The lowest BCUT2D eigenvalue weighted by molar-refractivity contribution is -0.274. The minimum Gasteiger partial charge on any atom is -0.406 e. The van der Waals surface area contributed by atoms with Crippen molar-refractivity contribution in [2.24, 2.45) is 0 Å². The fourth-order valence-corrected chi connectivity index (χ4v) is 3.49. The molecule has 0 radical (unpaired) electrons. The highest BCUT2D eigenvalue weighted by molar-refractivity contribution is 7.92. The van der Waals surface area contributed by atoms with Gasteiger partial charge in [-0.15, -0.1) is 13.2 Å². The molecule has 0 fully saturated rings. The summed E-state index contributed by atoms with van der Waals surface area (Å²) in [6.07, 6.45) is -4.85. The molecule has 0 amide bonds. The van der Waals surface area contributed by atoms with E-state index in [1.54, 1.807) is 31.1 Å². The second-order valence-corrected chi connectivity index (χ2v) is 7.24. The molecule has 0 aliphatic rings. The van der Waals surface area contributed by atoms with E-state index in [4.69, 9.17) is 11.6 Å². The molecule has 25 heavy (non-hydrogen) atoms. The maximum atomic E-state index is 12.4. The van der Waals surface area contributed by atoms with Crippen LogP contribution in [-0.4, -0.2) is 28.9 Å². The maximum absolute atomic E-state index is 12.4. The SMILES string of the molecule is CN(C)c1c(Cl)cccc1NS(=O)(=O)c1ccc(OC(F)(F)F)cc1. The smallest absolute Gasteiger partial charge is 0.406 e. The number of para-hydroxylation sites is 1. The number of nitrogens with zero attached hydrogens (tertiary/aromatic N) is 1. The molecule has 0 aromatic heterocycles. The molecule has 136 valence electrons. The minimum atomic E-state index is -4.85.